The fourth-order valence-electron chi connectivity index (χ4n) is 2.44. The third-order valence-electron chi connectivity index (χ3n) is 3.81. The molecule has 0 spiro atoms. The van der Waals surface area contributed by atoms with Gasteiger partial charge in [0.1, 0.15) is 0 Å². The van der Waals surface area contributed by atoms with E-state index >= 15 is 0 Å². The van der Waals surface area contributed by atoms with E-state index in [1.807, 2.05) is 0 Å². The number of esters is 1. The summed E-state index contributed by atoms with van der Waals surface area (Å²) >= 11 is 0. The van der Waals surface area contributed by atoms with Crippen molar-refractivity contribution in [2.75, 3.05) is 25.6 Å². The number of nitrogens with zero attached hydrogens (tertiary/aromatic N) is 1. The van der Waals surface area contributed by atoms with Crippen LogP contribution in [0.2, 0.25) is 0 Å². The van der Waals surface area contributed by atoms with Crippen molar-refractivity contribution in [2.24, 2.45) is 0 Å². The summed E-state index contributed by atoms with van der Waals surface area (Å²) in [5, 5.41) is 0. The van der Waals surface area contributed by atoms with E-state index in [-0.39, 0.29) is 5.97 Å². The Labute approximate surface area is 116 Å². The molecule has 0 atom stereocenters. The predicted octanol–water partition coefficient (Wildman–Crippen LogP) is 3.31. The van der Waals surface area contributed by atoms with Crippen molar-refractivity contribution in [3.8, 4) is 0 Å². The van der Waals surface area contributed by atoms with Gasteiger partial charge in [-0.3, -0.25) is 4.79 Å². The van der Waals surface area contributed by atoms with E-state index in [0.717, 1.165) is 13.0 Å². The Morgan fingerprint density at radius 1 is 1.16 bits per heavy atom. The SMILES string of the molecule is COC(=O)CCCN(C)c1c(C)c(C)cc(C)c1C. The van der Waals surface area contributed by atoms with Crippen LogP contribution in [-0.4, -0.2) is 26.7 Å². The summed E-state index contributed by atoms with van der Waals surface area (Å²) in [6.45, 7) is 9.47. The van der Waals surface area contributed by atoms with Crippen molar-refractivity contribution < 1.29 is 9.53 Å². The highest BCUT2D eigenvalue weighted by atomic mass is 16.5. The summed E-state index contributed by atoms with van der Waals surface area (Å²) in [4.78, 5) is 13.4. The van der Waals surface area contributed by atoms with Gasteiger partial charge < -0.3 is 9.64 Å². The van der Waals surface area contributed by atoms with Crippen molar-refractivity contribution in [1.29, 1.82) is 0 Å². The topological polar surface area (TPSA) is 29.5 Å². The summed E-state index contributed by atoms with van der Waals surface area (Å²) in [7, 11) is 3.52. The monoisotopic (exact) mass is 263 g/mol. The zero-order chi connectivity index (χ0) is 14.6. The van der Waals surface area contributed by atoms with Crippen LogP contribution in [0.5, 0.6) is 0 Å². The van der Waals surface area contributed by atoms with Crippen molar-refractivity contribution >= 4 is 11.7 Å². The van der Waals surface area contributed by atoms with Gasteiger partial charge in [0.05, 0.1) is 7.11 Å². The fraction of sp³-hybridized carbons (Fsp3) is 0.562. The Morgan fingerprint density at radius 3 is 2.16 bits per heavy atom. The molecule has 0 saturated heterocycles. The summed E-state index contributed by atoms with van der Waals surface area (Å²) in [6, 6.07) is 2.23. The molecule has 0 aliphatic carbocycles. The molecule has 1 aromatic carbocycles. The highest BCUT2D eigenvalue weighted by Crippen LogP contribution is 2.29. The van der Waals surface area contributed by atoms with Crippen LogP contribution >= 0.6 is 0 Å². The molecule has 1 aromatic rings. The zero-order valence-corrected chi connectivity index (χ0v) is 13.0. The van der Waals surface area contributed by atoms with Crippen molar-refractivity contribution in [3.63, 3.8) is 0 Å². The number of rotatable bonds is 5. The quantitative estimate of drug-likeness (QED) is 0.763. The molecule has 1 rings (SSSR count). The maximum atomic E-state index is 11.1. The first kappa shape index (κ1) is 15.5. The molecule has 0 aliphatic heterocycles. The van der Waals surface area contributed by atoms with Gasteiger partial charge in [-0.2, -0.15) is 0 Å². The number of aryl methyl sites for hydroxylation is 2. The molecule has 0 N–H and O–H groups in total. The number of carbonyl (C=O) groups excluding carboxylic acids is 1. The average Bonchev–Trinajstić information content (AvgIpc) is 2.36. The molecule has 3 nitrogen and oxygen atoms in total. The van der Waals surface area contributed by atoms with E-state index < -0.39 is 0 Å². The third-order valence-corrected chi connectivity index (χ3v) is 3.81. The van der Waals surface area contributed by atoms with Crippen LogP contribution < -0.4 is 4.90 Å². The van der Waals surface area contributed by atoms with Crippen molar-refractivity contribution in [2.45, 2.75) is 40.5 Å². The lowest BCUT2D eigenvalue weighted by atomic mass is 9.98. The lowest BCUT2D eigenvalue weighted by Crippen LogP contribution is -2.22. The Balaban J connectivity index is 2.82. The van der Waals surface area contributed by atoms with Gasteiger partial charge in [-0.1, -0.05) is 6.07 Å². The smallest absolute Gasteiger partial charge is 0.305 e. The molecule has 0 aliphatic rings. The molecule has 0 saturated carbocycles. The number of hydrogen-bond acceptors (Lipinski definition) is 3. The van der Waals surface area contributed by atoms with E-state index in [4.69, 9.17) is 0 Å². The summed E-state index contributed by atoms with van der Waals surface area (Å²) in [6.07, 6.45) is 1.29. The second-order valence-corrected chi connectivity index (χ2v) is 5.21. The van der Waals surface area contributed by atoms with E-state index in [9.17, 15) is 4.79 Å². The minimum atomic E-state index is -0.137. The summed E-state index contributed by atoms with van der Waals surface area (Å²) < 4.78 is 4.67. The molecule has 0 unspecified atom stereocenters. The minimum absolute atomic E-state index is 0.137. The molecule has 0 amide bonds. The number of ether oxygens (including phenoxy) is 1. The maximum absolute atomic E-state index is 11.1. The van der Waals surface area contributed by atoms with Crippen molar-refractivity contribution in [3.05, 3.63) is 28.3 Å². The summed E-state index contributed by atoms with van der Waals surface area (Å²) in [5.41, 5.74) is 6.57. The average molecular weight is 263 g/mol. The van der Waals surface area contributed by atoms with Gasteiger partial charge in [-0.15, -0.1) is 0 Å². The van der Waals surface area contributed by atoms with E-state index in [1.54, 1.807) is 0 Å². The van der Waals surface area contributed by atoms with Gasteiger partial charge >= 0.3 is 5.97 Å². The van der Waals surface area contributed by atoms with Crippen LogP contribution in [0, 0.1) is 27.7 Å². The molecule has 0 radical (unpaired) electrons. The highest BCUT2D eigenvalue weighted by molar-refractivity contribution is 5.69. The molecule has 0 bridgehead atoms. The fourth-order valence-corrected chi connectivity index (χ4v) is 2.44. The normalized spacial score (nSPS) is 10.4. The van der Waals surface area contributed by atoms with Gasteiger partial charge in [0, 0.05) is 25.7 Å². The number of methoxy groups -OCH3 is 1. The number of hydrogen-bond donors (Lipinski definition) is 0. The van der Waals surface area contributed by atoms with Crippen LogP contribution in [0.15, 0.2) is 6.07 Å². The largest absolute Gasteiger partial charge is 0.469 e. The lowest BCUT2D eigenvalue weighted by Gasteiger charge is -2.26. The third kappa shape index (κ3) is 3.72. The zero-order valence-electron chi connectivity index (χ0n) is 13.0. The Bertz CT molecular complexity index is 440. The number of benzene rings is 1. The van der Waals surface area contributed by atoms with Gasteiger partial charge in [0.15, 0.2) is 0 Å². The Kier molecular flexibility index (Phi) is 5.40. The van der Waals surface area contributed by atoms with Crippen LogP contribution in [-0.2, 0) is 9.53 Å². The first-order valence-electron chi connectivity index (χ1n) is 6.73. The molecule has 106 valence electrons. The first-order chi connectivity index (χ1) is 8.88. The molecule has 0 aromatic heterocycles. The number of carbonyl (C=O) groups is 1. The highest BCUT2D eigenvalue weighted by Gasteiger charge is 2.12. The van der Waals surface area contributed by atoms with Gasteiger partial charge in [0.25, 0.3) is 0 Å². The van der Waals surface area contributed by atoms with Gasteiger partial charge in [-0.25, -0.2) is 0 Å². The Morgan fingerprint density at radius 2 is 1.68 bits per heavy atom. The molecular weight excluding hydrogens is 238 g/mol. The van der Waals surface area contributed by atoms with Crippen LogP contribution in [0.25, 0.3) is 0 Å². The second-order valence-electron chi connectivity index (χ2n) is 5.21. The van der Waals surface area contributed by atoms with Gasteiger partial charge in [0.2, 0.25) is 0 Å². The predicted molar refractivity (Wildman–Crippen MR) is 79.9 cm³/mol. The molecule has 3 heteroatoms. The van der Waals surface area contributed by atoms with Crippen LogP contribution in [0.1, 0.15) is 35.1 Å². The lowest BCUT2D eigenvalue weighted by molar-refractivity contribution is -0.140. The van der Waals surface area contributed by atoms with Crippen LogP contribution in [0.3, 0.4) is 0 Å². The minimum Gasteiger partial charge on any atom is -0.469 e. The Hall–Kier alpha value is -1.51. The van der Waals surface area contributed by atoms with E-state index in [0.29, 0.717) is 6.42 Å². The summed E-state index contributed by atoms with van der Waals surface area (Å²) in [5.74, 6) is -0.137. The van der Waals surface area contributed by atoms with Gasteiger partial charge in [-0.05, 0) is 56.4 Å². The van der Waals surface area contributed by atoms with Crippen LogP contribution in [0.4, 0.5) is 5.69 Å². The number of anilines is 1. The van der Waals surface area contributed by atoms with E-state index in [1.165, 1.54) is 35.1 Å². The standard InChI is InChI=1S/C16H25NO2/c1-11-10-12(2)14(4)16(13(11)3)17(5)9-7-8-15(18)19-6/h10H,7-9H2,1-6H3. The first-order valence-corrected chi connectivity index (χ1v) is 6.73. The molecule has 0 heterocycles. The molecule has 19 heavy (non-hydrogen) atoms. The molecule has 0 fully saturated rings. The second kappa shape index (κ2) is 6.60. The van der Waals surface area contributed by atoms with E-state index in [2.05, 4.69) is 50.4 Å². The maximum Gasteiger partial charge on any atom is 0.305 e. The van der Waals surface area contributed by atoms with Crippen molar-refractivity contribution in [1.82, 2.24) is 0 Å². The molecular formula is C16H25NO2.